The standard InChI is InChI=1S/C11H14N2O5/c1-6-10(15)7(9(14)5-12(2)3)4-8(11(6)16)13(17)18/h4,15-16H,5H2,1-3H3. The zero-order valence-electron chi connectivity index (χ0n) is 10.3. The molecule has 0 aliphatic rings. The van der Waals surface area contributed by atoms with Crippen molar-refractivity contribution in [3.8, 4) is 11.5 Å². The molecule has 7 nitrogen and oxygen atoms in total. The highest BCUT2D eigenvalue weighted by atomic mass is 16.6. The van der Waals surface area contributed by atoms with E-state index in [1.54, 1.807) is 19.0 Å². The highest BCUT2D eigenvalue weighted by Gasteiger charge is 2.25. The number of aromatic hydroxyl groups is 2. The van der Waals surface area contributed by atoms with Crippen molar-refractivity contribution in [3.05, 3.63) is 27.3 Å². The number of nitro benzene ring substituents is 1. The van der Waals surface area contributed by atoms with Gasteiger partial charge in [-0.25, -0.2) is 0 Å². The van der Waals surface area contributed by atoms with Crippen LogP contribution in [0.5, 0.6) is 11.5 Å². The summed E-state index contributed by atoms with van der Waals surface area (Å²) in [5.74, 6) is -1.51. The number of carbonyl (C=O) groups is 1. The van der Waals surface area contributed by atoms with Gasteiger partial charge in [0.25, 0.3) is 0 Å². The molecule has 0 spiro atoms. The molecule has 0 saturated carbocycles. The van der Waals surface area contributed by atoms with Crippen molar-refractivity contribution in [2.24, 2.45) is 0 Å². The number of likely N-dealkylation sites (N-methyl/N-ethyl adjacent to an activating group) is 1. The largest absolute Gasteiger partial charge is 0.507 e. The minimum atomic E-state index is -0.797. The zero-order valence-corrected chi connectivity index (χ0v) is 10.3. The van der Waals surface area contributed by atoms with Crippen LogP contribution in [0.3, 0.4) is 0 Å². The minimum Gasteiger partial charge on any atom is -0.507 e. The van der Waals surface area contributed by atoms with Crippen LogP contribution in [-0.2, 0) is 0 Å². The monoisotopic (exact) mass is 254 g/mol. The van der Waals surface area contributed by atoms with Crippen molar-refractivity contribution in [2.75, 3.05) is 20.6 Å². The summed E-state index contributed by atoms with van der Waals surface area (Å²) in [7, 11) is 3.33. The summed E-state index contributed by atoms with van der Waals surface area (Å²) in [4.78, 5) is 23.3. The fourth-order valence-electron chi connectivity index (χ4n) is 1.50. The second-order valence-electron chi connectivity index (χ2n) is 4.18. The number of hydrogen-bond donors (Lipinski definition) is 2. The first kappa shape index (κ1) is 13.9. The van der Waals surface area contributed by atoms with Crippen LogP contribution in [0.1, 0.15) is 15.9 Å². The Morgan fingerprint density at radius 1 is 1.39 bits per heavy atom. The molecule has 0 heterocycles. The van der Waals surface area contributed by atoms with Crippen LogP contribution >= 0.6 is 0 Å². The molecule has 0 aromatic heterocycles. The van der Waals surface area contributed by atoms with Crippen LogP contribution in [0.4, 0.5) is 5.69 Å². The number of hydrogen-bond acceptors (Lipinski definition) is 6. The number of benzene rings is 1. The Morgan fingerprint density at radius 2 is 1.94 bits per heavy atom. The number of rotatable bonds is 4. The van der Waals surface area contributed by atoms with Crippen LogP contribution in [0, 0.1) is 17.0 Å². The fourth-order valence-corrected chi connectivity index (χ4v) is 1.50. The van der Waals surface area contributed by atoms with Crippen molar-refractivity contribution in [1.82, 2.24) is 4.90 Å². The molecule has 0 fully saturated rings. The molecule has 0 radical (unpaired) electrons. The first-order valence-corrected chi connectivity index (χ1v) is 5.13. The number of ketones is 1. The molecule has 1 rings (SSSR count). The smallest absolute Gasteiger partial charge is 0.311 e. The van der Waals surface area contributed by atoms with Gasteiger partial charge in [0.1, 0.15) is 5.75 Å². The minimum absolute atomic E-state index is 0.00886. The van der Waals surface area contributed by atoms with E-state index in [9.17, 15) is 25.1 Å². The summed E-state index contributed by atoms with van der Waals surface area (Å²) in [6.07, 6.45) is 0. The van der Waals surface area contributed by atoms with Crippen molar-refractivity contribution in [1.29, 1.82) is 0 Å². The van der Waals surface area contributed by atoms with Gasteiger partial charge >= 0.3 is 5.69 Å². The van der Waals surface area contributed by atoms with E-state index >= 15 is 0 Å². The average molecular weight is 254 g/mol. The van der Waals surface area contributed by atoms with Gasteiger partial charge in [0.2, 0.25) is 5.75 Å². The van der Waals surface area contributed by atoms with E-state index in [0.717, 1.165) is 6.07 Å². The van der Waals surface area contributed by atoms with E-state index in [-0.39, 0.29) is 17.7 Å². The molecule has 2 N–H and O–H groups in total. The van der Waals surface area contributed by atoms with Crippen LogP contribution < -0.4 is 0 Å². The molecule has 0 aliphatic carbocycles. The van der Waals surface area contributed by atoms with Crippen molar-refractivity contribution < 1.29 is 19.9 Å². The fraction of sp³-hybridized carbons (Fsp3) is 0.364. The van der Waals surface area contributed by atoms with E-state index in [0.29, 0.717) is 0 Å². The third-order valence-electron chi connectivity index (χ3n) is 2.45. The lowest BCUT2D eigenvalue weighted by atomic mass is 10.0. The Morgan fingerprint density at radius 3 is 2.39 bits per heavy atom. The molecule has 0 unspecified atom stereocenters. The van der Waals surface area contributed by atoms with Crippen LogP contribution in [0.15, 0.2) is 6.07 Å². The maximum absolute atomic E-state index is 11.8. The third kappa shape index (κ3) is 2.57. The first-order chi connectivity index (χ1) is 8.25. The van der Waals surface area contributed by atoms with Crippen molar-refractivity contribution >= 4 is 11.5 Å². The third-order valence-corrected chi connectivity index (χ3v) is 2.45. The highest BCUT2D eigenvalue weighted by molar-refractivity contribution is 6.01. The summed E-state index contributed by atoms with van der Waals surface area (Å²) in [6.45, 7) is 1.32. The van der Waals surface area contributed by atoms with Crippen molar-refractivity contribution in [2.45, 2.75) is 6.92 Å². The molecule has 0 aliphatic heterocycles. The van der Waals surface area contributed by atoms with Gasteiger partial charge in [-0.2, -0.15) is 0 Å². The Kier molecular flexibility index (Phi) is 3.87. The van der Waals surface area contributed by atoms with Gasteiger partial charge in [-0.1, -0.05) is 0 Å². The summed E-state index contributed by atoms with van der Waals surface area (Å²) in [5.41, 5.74) is -0.829. The van der Waals surface area contributed by atoms with Gasteiger partial charge in [0, 0.05) is 11.6 Å². The maximum atomic E-state index is 11.8. The quantitative estimate of drug-likeness (QED) is 0.473. The predicted octanol–water partition coefficient (Wildman–Crippen LogP) is 1.06. The van der Waals surface area contributed by atoms with Crippen molar-refractivity contribution in [3.63, 3.8) is 0 Å². The van der Waals surface area contributed by atoms with Crippen LogP contribution in [-0.4, -0.2) is 46.5 Å². The summed E-state index contributed by atoms with van der Waals surface area (Å²) in [5, 5.41) is 30.0. The SMILES string of the molecule is Cc1c(O)c(C(=O)CN(C)C)cc([N+](=O)[O-])c1O. The molecule has 1 aromatic rings. The Labute approximate surface area is 103 Å². The predicted molar refractivity (Wildman–Crippen MR) is 64.0 cm³/mol. The number of phenols is 2. The Balaban J connectivity index is 3.37. The molecular weight excluding hydrogens is 240 g/mol. The molecule has 0 bridgehead atoms. The lowest BCUT2D eigenvalue weighted by Crippen LogP contribution is -2.22. The summed E-state index contributed by atoms with van der Waals surface area (Å²) < 4.78 is 0. The first-order valence-electron chi connectivity index (χ1n) is 5.13. The van der Waals surface area contributed by atoms with Gasteiger partial charge in [-0.15, -0.1) is 0 Å². The van der Waals surface area contributed by atoms with E-state index < -0.39 is 27.9 Å². The topological polar surface area (TPSA) is 104 Å². The summed E-state index contributed by atoms with van der Waals surface area (Å²) >= 11 is 0. The molecular formula is C11H14N2O5. The van der Waals surface area contributed by atoms with E-state index in [4.69, 9.17) is 0 Å². The molecule has 0 saturated heterocycles. The van der Waals surface area contributed by atoms with Gasteiger partial charge in [-0.3, -0.25) is 14.9 Å². The van der Waals surface area contributed by atoms with Crippen LogP contribution in [0.2, 0.25) is 0 Å². The molecule has 0 atom stereocenters. The normalized spacial score (nSPS) is 10.7. The zero-order chi connectivity index (χ0) is 14.0. The molecule has 7 heteroatoms. The maximum Gasteiger partial charge on any atom is 0.311 e. The molecule has 1 aromatic carbocycles. The number of carbonyl (C=O) groups excluding carboxylic acids is 1. The number of nitro groups is 1. The average Bonchev–Trinajstić information content (AvgIpc) is 2.24. The number of Topliss-reactive ketones (excluding diaryl/α,β-unsaturated/α-hetero) is 1. The number of phenolic OH excluding ortho intramolecular Hbond substituents is 2. The molecule has 0 amide bonds. The van der Waals surface area contributed by atoms with E-state index in [1.807, 2.05) is 0 Å². The van der Waals surface area contributed by atoms with Gasteiger partial charge in [-0.05, 0) is 21.0 Å². The summed E-state index contributed by atoms with van der Waals surface area (Å²) in [6, 6.07) is 0.892. The Bertz CT molecular complexity index is 511. The molecule has 98 valence electrons. The van der Waals surface area contributed by atoms with Gasteiger partial charge in [0.05, 0.1) is 17.0 Å². The second-order valence-corrected chi connectivity index (χ2v) is 4.18. The Hall–Kier alpha value is -2.15. The highest BCUT2D eigenvalue weighted by Crippen LogP contribution is 2.38. The van der Waals surface area contributed by atoms with Gasteiger partial charge in [0.15, 0.2) is 5.78 Å². The molecule has 18 heavy (non-hydrogen) atoms. The lowest BCUT2D eigenvalue weighted by molar-refractivity contribution is -0.386. The van der Waals surface area contributed by atoms with Gasteiger partial charge < -0.3 is 15.1 Å². The lowest BCUT2D eigenvalue weighted by Gasteiger charge is -2.11. The second kappa shape index (κ2) is 5.01. The van der Waals surface area contributed by atoms with E-state index in [2.05, 4.69) is 0 Å². The van der Waals surface area contributed by atoms with E-state index in [1.165, 1.54) is 6.92 Å². The number of nitrogens with zero attached hydrogens (tertiary/aromatic N) is 2. The van der Waals surface area contributed by atoms with Crippen LogP contribution in [0.25, 0.3) is 0 Å².